The minimum atomic E-state index is -2.80. The topological polar surface area (TPSA) is 68.5 Å². The van der Waals surface area contributed by atoms with Crippen LogP contribution in [0.5, 0.6) is 0 Å². The lowest BCUT2D eigenvalue weighted by atomic mass is 9.86. The number of alkyl halides is 2. The quantitative estimate of drug-likeness (QED) is 0.542. The average molecular weight is 399 g/mol. The molecule has 6 nitrogen and oxygen atoms in total. The van der Waals surface area contributed by atoms with Gasteiger partial charge in [0.2, 0.25) is 5.92 Å². The molecule has 0 spiro atoms. The van der Waals surface area contributed by atoms with E-state index in [9.17, 15) is 13.6 Å². The van der Waals surface area contributed by atoms with Crippen molar-refractivity contribution in [1.29, 1.82) is 0 Å². The van der Waals surface area contributed by atoms with E-state index in [1.54, 1.807) is 27.1 Å². The summed E-state index contributed by atoms with van der Waals surface area (Å²) in [7, 11) is 1.65. The number of hydrogen-bond donors (Lipinski definition) is 1. The van der Waals surface area contributed by atoms with Crippen LogP contribution < -0.4 is 5.69 Å². The van der Waals surface area contributed by atoms with E-state index >= 15 is 0 Å². The number of aromatic nitrogens is 5. The standard InChI is InChI=1S/C21H23F2N5O/c1-20(2,11-21(3,22)23)12-28-16-6-5-15(26-18(16)27(4)19(28)29)14-9-13-7-8-24-17(13)25-10-14/h5-10H,11-12H2,1-4H3,(H,24,25). The summed E-state index contributed by atoms with van der Waals surface area (Å²) < 4.78 is 30.1. The zero-order valence-electron chi connectivity index (χ0n) is 16.8. The summed E-state index contributed by atoms with van der Waals surface area (Å²) in [6.07, 6.45) is 3.24. The summed E-state index contributed by atoms with van der Waals surface area (Å²) in [4.78, 5) is 24.9. The average Bonchev–Trinajstić information content (AvgIpc) is 3.18. The molecule has 8 heteroatoms. The van der Waals surface area contributed by atoms with Gasteiger partial charge in [0.05, 0.1) is 11.2 Å². The lowest BCUT2D eigenvalue weighted by molar-refractivity contribution is -0.0248. The van der Waals surface area contributed by atoms with Gasteiger partial charge in [0.1, 0.15) is 5.65 Å². The number of halogens is 2. The molecule has 0 radical (unpaired) electrons. The summed E-state index contributed by atoms with van der Waals surface area (Å²) in [6.45, 7) is 4.58. The molecule has 0 aromatic carbocycles. The molecule has 4 rings (SSSR count). The molecule has 0 saturated carbocycles. The summed E-state index contributed by atoms with van der Waals surface area (Å²) in [5.41, 5.74) is 2.45. The Morgan fingerprint density at radius 2 is 1.93 bits per heavy atom. The summed E-state index contributed by atoms with van der Waals surface area (Å²) in [5, 5.41) is 0.970. The SMILES string of the molecule is Cn1c(=O)n(CC(C)(C)CC(C)(F)F)c2ccc(-c3cnc4[nH]ccc4c3)nc21. The first kappa shape index (κ1) is 19.3. The molecule has 0 amide bonds. The van der Waals surface area contributed by atoms with Crippen LogP contribution in [0.3, 0.4) is 0 Å². The van der Waals surface area contributed by atoms with Crippen LogP contribution in [0.15, 0.2) is 41.5 Å². The van der Waals surface area contributed by atoms with E-state index in [-0.39, 0.29) is 18.7 Å². The highest BCUT2D eigenvalue weighted by Crippen LogP contribution is 2.33. The van der Waals surface area contributed by atoms with Crippen molar-refractivity contribution in [1.82, 2.24) is 24.1 Å². The fraction of sp³-hybridized carbons (Fsp3) is 0.381. The number of aryl methyl sites for hydroxylation is 1. The Bertz CT molecular complexity index is 1260. The number of nitrogens with zero attached hydrogens (tertiary/aromatic N) is 4. The Hall–Kier alpha value is -3.03. The Balaban J connectivity index is 1.77. The minimum absolute atomic E-state index is 0.185. The summed E-state index contributed by atoms with van der Waals surface area (Å²) in [6, 6.07) is 7.56. The zero-order chi connectivity index (χ0) is 21.0. The van der Waals surface area contributed by atoms with Gasteiger partial charge in [-0.25, -0.2) is 23.5 Å². The molecule has 29 heavy (non-hydrogen) atoms. The molecular formula is C21H23F2N5O. The Morgan fingerprint density at radius 3 is 2.66 bits per heavy atom. The normalized spacial score (nSPS) is 12.9. The zero-order valence-corrected chi connectivity index (χ0v) is 16.8. The van der Waals surface area contributed by atoms with Crippen LogP contribution in [0.25, 0.3) is 33.5 Å². The fourth-order valence-electron chi connectivity index (χ4n) is 3.99. The summed E-state index contributed by atoms with van der Waals surface area (Å²) in [5.74, 6) is -2.80. The van der Waals surface area contributed by atoms with Gasteiger partial charge in [0.25, 0.3) is 0 Å². The van der Waals surface area contributed by atoms with E-state index in [1.807, 2.05) is 30.5 Å². The van der Waals surface area contributed by atoms with Gasteiger partial charge in [0.15, 0.2) is 5.65 Å². The van der Waals surface area contributed by atoms with Crippen molar-refractivity contribution in [3.63, 3.8) is 0 Å². The van der Waals surface area contributed by atoms with Gasteiger partial charge in [-0.1, -0.05) is 13.8 Å². The van der Waals surface area contributed by atoms with Gasteiger partial charge in [-0.3, -0.25) is 9.13 Å². The third kappa shape index (κ3) is 3.66. The van der Waals surface area contributed by atoms with Crippen LogP contribution >= 0.6 is 0 Å². The lowest BCUT2D eigenvalue weighted by Crippen LogP contribution is -2.32. The van der Waals surface area contributed by atoms with Crippen LogP contribution in [-0.4, -0.2) is 30.0 Å². The third-order valence-electron chi connectivity index (χ3n) is 5.05. The molecule has 0 atom stereocenters. The number of aromatic amines is 1. The molecule has 4 aromatic heterocycles. The van der Waals surface area contributed by atoms with Crippen LogP contribution in [0.1, 0.15) is 27.2 Å². The second kappa shape index (κ2) is 6.50. The maximum atomic E-state index is 13.6. The highest BCUT2D eigenvalue weighted by Gasteiger charge is 2.33. The molecule has 0 aliphatic carbocycles. The van der Waals surface area contributed by atoms with Gasteiger partial charge >= 0.3 is 5.69 Å². The van der Waals surface area contributed by atoms with E-state index < -0.39 is 11.3 Å². The van der Waals surface area contributed by atoms with Crippen molar-refractivity contribution in [3.05, 3.63) is 47.1 Å². The van der Waals surface area contributed by atoms with Crippen LogP contribution in [0.4, 0.5) is 8.78 Å². The molecule has 4 aromatic rings. The maximum absolute atomic E-state index is 13.6. The van der Waals surface area contributed by atoms with E-state index in [2.05, 4.69) is 15.0 Å². The molecule has 0 unspecified atom stereocenters. The molecule has 152 valence electrons. The first-order valence-corrected chi connectivity index (χ1v) is 9.42. The molecule has 0 aliphatic rings. The third-order valence-corrected chi connectivity index (χ3v) is 5.05. The largest absolute Gasteiger partial charge is 0.346 e. The number of imidazole rings is 1. The van der Waals surface area contributed by atoms with E-state index in [1.165, 1.54) is 9.13 Å². The van der Waals surface area contributed by atoms with Crippen molar-refractivity contribution < 1.29 is 8.78 Å². The second-order valence-corrected chi connectivity index (χ2v) is 8.52. The molecular weight excluding hydrogens is 376 g/mol. The van der Waals surface area contributed by atoms with Crippen molar-refractivity contribution in [2.24, 2.45) is 12.5 Å². The first-order chi connectivity index (χ1) is 13.5. The Morgan fingerprint density at radius 1 is 1.17 bits per heavy atom. The molecule has 0 saturated heterocycles. The van der Waals surface area contributed by atoms with Gasteiger partial charge in [-0.05, 0) is 36.6 Å². The van der Waals surface area contributed by atoms with E-state index in [0.29, 0.717) is 16.9 Å². The number of fused-ring (bicyclic) bond motifs is 2. The fourth-order valence-corrected chi connectivity index (χ4v) is 3.99. The number of nitrogens with one attached hydrogen (secondary N) is 1. The number of hydrogen-bond acceptors (Lipinski definition) is 3. The molecule has 1 N–H and O–H groups in total. The van der Waals surface area contributed by atoms with Gasteiger partial charge in [0, 0.05) is 43.4 Å². The monoisotopic (exact) mass is 399 g/mol. The Labute approximate surface area is 166 Å². The van der Waals surface area contributed by atoms with Crippen molar-refractivity contribution in [2.75, 3.05) is 0 Å². The van der Waals surface area contributed by atoms with Crippen molar-refractivity contribution in [3.8, 4) is 11.3 Å². The van der Waals surface area contributed by atoms with Gasteiger partial charge in [-0.15, -0.1) is 0 Å². The molecule has 0 fully saturated rings. The number of pyridine rings is 2. The Kier molecular flexibility index (Phi) is 4.33. The van der Waals surface area contributed by atoms with E-state index in [4.69, 9.17) is 0 Å². The predicted molar refractivity (Wildman–Crippen MR) is 109 cm³/mol. The maximum Gasteiger partial charge on any atom is 0.330 e. The summed E-state index contributed by atoms with van der Waals surface area (Å²) >= 11 is 0. The van der Waals surface area contributed by atoms with Crippen LogP contribution in [0.2, 0.25) is 0 Å². The predicted octanol–water partition coefficient (Wildman–Crippen LogP) is 4.35. The molecule has 0 bridgehead atoms. The lowest BCUT2D eigenvalue weighted by Gasteiger charge is -2.28. The molecule has 0 aliphatic heterocycles. The van der Waals surface area contributed by atoms with Crippen molar-refractivity contribution in [2.45, 2.75) is 39.7 Å². The van der Waals surface area contributed by atoms with Gasteiger partial charge < -0.3 is 4.98 Å². The number of rotatable bonds is 5. The highest BCUT2D eigenvalue weighted by atomic mass is 19.3. The second-order valence-electron chi connectivity index (χ2n) is 8.52. The molecule has 4 heterocycles. The number of H-pyrrole nitrogens is 1. The highest BCUT2D eigenvalue weighted by molar-refractivity contribution is 5.82. The minimum Gasteiger partial charge on any atom is -0.346 e. The smallest absolute Gasteiger partial charge is 0.330 e. The van der Waals surface area contributed by atoms with Gasteiger partial charge in [-0.2, -0.15) is 0 Å². The first-order valence-electron chi connectivity index (χ1n) is 9.42. The van der Waals surface area contributed by atoms with Crippen LogP contribution in [0, 0.1) is 5.41 Å². The van der Waals surface area contributed by atoms with Crippen molar-refractivity contribution >= 4 is 22.2 Å². The van der Waals surface area contributed by atoms with E-state index in [0.717, 1.165) is 23.5 Å². The van der Waals surface area contributed by atoms with Crippen LogP contribution in [-0.2, 0) is 13.6 Å².